The van der Waals surface area contributed by atoms with E-state index in [0.29, 0.717) is 12.1 Å². The van der Waals surface area contributed by atoms with Crippen LogP contribution in [-0.2, 0) is 0 Å². The number of aliphatic hydroxyl groups is 1. The van der Waals surface area contributed by atoms with E-state index in [1.807, 2.05) is 0 Å². The van der Waals surface area contributed by atoms with E-state index in [2.05, 4.69) is 11.9 Å². The lowest BCUT2D eigenvalue weighted by molar-refractivity contribution is 0.422. The summed E-state index contributed by atoms with van der Waals surface area (Å²) in [7, 11) is 0. The van der Waals surface area contributed by atoms with Crippen LogP contribution in [0.4, 0.5) is 18.9 Å². The number of nitrogens with zero attached hydrogens (tertiary/aromatic N) is 1. The van der Waals surface area contributed by atoms with Gasteiger partial charge >= 0.3 is 0 Å². The maximum absolute atomic E-state index is 13.4. The first kappa shape index (κ1) is 15.7. The molecule has 0 spiro atoms. The molecule has 0 aromatic heterocycles. The molecule has 104 valence electrons. The van der Waals surface area contributed by atoms with Gasteiger partial charge in [-0.3, -0.25) is 0 Å². The Bertz CT molecular complexity index is 639. The van der Waals surface area contributed by atoms with Crippen LogP contribution in [-0.4, -0.2) is 10.1 Å². The molecule has 0 bridgehead atoms. The number of anilines is 1. The minimum absolute atomic E-state index is 0.158. The van der Waals surface area contributed by atoms with Gasteiger partial charge in [0.05, 0.1) is 0 Å². The van der Waals surface area contributed by atoms with Gasteiger partial charge in [-0.15, -0.1) is 0 Å². The van der Waals surface area contributed by atoms with Crippen LogP contribution < -0.4 is 5.32 Å². The third-order valence-electron chi connectivity index (χ3n) is 2.23. The van der Waals surface area contributed by atoms with E-state index >= 15 is 0 Å². The van der Waals surface area contributed by atoms with Gasteiger partial charge in [-0.2, -0.15) is 5.26 Å². The first-order chi connectivity index (χ1) is 9.27. The van der Waals surface area contributed by atoms with Crippen molar-refractivity contribution in [3.05, 3.63) is 53.1 Å². The van der Waals surface area contributed by atoms with Crippen LogP contribution in [0.25, 0.3) is 0 Å². The second kappa shape index (κ2) is 6.21. The Balaban J connectivity index is 3.18. The van der Waals surface area contributed by atoms with Gasteiger partial charge in [0.15, 0.2) is 11.6 Å². The summed E-state index contributed by atoms with van der Waals surface area (Å²) < 4.78 is 39.6. The van der Waals surface area contributed by atoms with Crippen LogP contribution in [0.5, 0.6) is 0 Å². The van der Waals surface area contributed by atoms with Crippen molar-refractivity contribution in [1.29, 1.82) is 5.26 Å². The molecule has 0 radical (unpaired) electrons. The fourth-order valence-electron chi connectivity index (χ4n) is 1.26. The van der Waals surface area contributed by atoms with E-state index in [4.69, 9.17) is 17.5 Å². The molecule has 2 N–H and O–H groups in total. The quantitative estimate of drug-likeness (QED) is 0.293. The van der Waals surface area contributed by atoms with E-state index in [-0.39, 0.29) is 5.57 Å². The third-order valence-corrected chi connectivity index (χ3v) is 2.53. The Morgan fingerprint density at radius 1 is 1.35 bits per heavy atom. The monoisotopic (exact) mass is 298 g/mol. The number of aliphatic hydroxyl groups excluding tert-OH is 1. The van der Waals surface area contributed by atoms with E-state index in [9.17, 15) is 18.3 Å². The van der Waals surface area contributed by atoms with Crippen molar-refractivity contribution in [2.24, 2.45) is 0 Å². The van der Waals surface area contributed by atoms with Gasteiger partial charge in [-0.25, -0.2) is 13.2 Å². The molecule has 0 aliphatic heterocycles. The van der Waals surface area contributed by atoms with Crippen molar-refractivity contribution in [2.45, 2.75) is 6.92 Å². The number of benzene rings is 1. The molecule has 0 unspecified atom stereocenters. The zero-order valence-electron chi connectivity index (χ0n) is 10.3. The molecule has 3 nitrogen and oxygen atoms in total. The summed E-state index contributed by atoms with van der Waals surface area (Å²) in [6.45, 7) is 4.84. The smallest absolute Gasteiger partial charge is 0.152 e. The fraction of sp³-hybridized carbons (Fsp3) is 0.0769. The number of allylic oxidation sites excluding steroid dienone is 1. The number of nitriles is 1. The van der Waals surface area contributed by atoms with Gasteiger partial charge in [0.1, 0.15) is 33.9 Å². The number of halogens is 3. The fourth-order valence-corrected chi connectivity index (χ4v) is 1.51. The Labute approximate surface area is 118 Å². The van der Waals surface area contributed by atoms with Crippen molar-refractivity contribution in [2.75, 3.05) is 5.32 Å². The van der Waals surface area contributed by atoms with Crippen LogP contribution in [0.3, 0.4) is 0 Å². The molecule has 0 atom stereocenters. The van der Waals surface area contributed by atoms with E-state index in [0.717, 1.165) is 0 Å². The highest BCUT2D eigenvalue weighted by atomic mass is 32.1. The van der Waals surface area contributed by atoms with Gasteiger partial charge < -0.3 is 10.4 Å². The second-order valence-electron chi connectivity index (χ2n) is 3.81. The molecular weight excluding hydrogens is 289 g/mol. The minimum Gasteiger partial charge on any atom is -0.506 e. The molecule has 20 heavy (non-hydrogen) atoms. The van der Waals surface area contributed by atoms with Crippen molar-refractivity contribution in [1.82, 2.24) is 0 Å². The Hall–Kier alpha value is -2.33. The molecule has 7 heteroatoms. The van der Waals surface area contributed by atoms with E-state index in [1.54, 1.807) is 6.07 Å². The number of thiocarbonyl (C=S) groups is 1. The summed E-state index contributed by atoms with van der Waals surface area (Å²) in [6.07, 6.45) is 0. The van der Waals surface area contributed by atoms with Crippen LogP contribution in [0.2, 0.25) is 0 Å². The molecule has 0 aliphatic rings. The lowest BCUT2D eigenvalue weighted by Crippen LogP contribution is -2.16. The van der Waals surface area contributed by atoms with Gasteiger partial charge in [0, 0.05) is 12.1 Å². The largest absolute Gasteiger partial charge is 0.506 e. The highest BCUT2D eigenvalue weighted by Crippen LogP contribution is 2.22. The molecule has 0 heterocycles. The first-order valence-corrected chi connectivity index (χ1v) is 5.63. The number of hydrogen-bond acceptors (Lipinski definition) is 3. The predicted octanol–water partition coefficient (Wildman–Crippen LogP) is 3.75. The van der Waals surface area contributed by atoms with Crippen LogP contribution in [0.15, 0.2) is 35.6 Å². The Morgan fingerprint density at radius 2 is 1.85 bits per heavy atom. The van der Waals surface area contributed by atoms with E-state index < -0.39 is 39.5 Å². The van der Waals surface area contributed by atoms with E-state index in [1.165, 1.54) is 6.92 Å². The summed E-state index contributed by atoms with van der Waals surface area (Å²) >= 11 is 4.78. The lowest BCUT2D eigenvalue weighted by atomic mass is 10.1. The number of hydrogen-bond donors (Lipinski definition) is 2. The molecule has 0 saturated carbocycles. The van der Waals surface area contributed by atoms with Crippen LogP contribution in [0, 0.1) is 28.8 Å². The number of nitrogens with one attached hydrogen (secondary N) is 1. The first-order valence-electron chi connectivity index (χ1n) is 5.23. The second-order valence-corrected chi connectivity index (χ2v) is 4.22. The maximum Gasteiger partial charge on any atom is 0.152 e. The summed E-state index contributed by atoms with van der Waals surface area (Å²) in [5.74, 6) is -4.00. The minimum atomic E-state index is -1.21. The highest BCUT2D eigenvalue weighted by molar-refractivity contribution is 7.81. The molecule has 0 fully saturated rings. The predicted molar refractivity (Wildman–Crippen MR) is 72.6 cm³/mol. The maximum atomic E-state index is 13.4. The molecule has 1 aromatic rings. The topological polar surface area (TPSA) is 56.0 Å². The van der Waals surface area contributed by atoms with Gasteiger partial charge in [-0.1, -0.05) is 18.8 Å². The third kappa shape index (κ3) is 3.36. The summed E-state index contributed by atoms with van der Waals surface area (Å²) in [5.41, 5.74) is -0.944. The molecular formula is C13H9F3N2OS. The summed E-state index contributed by atoms with van der Waals surface area (Å²) in [5, 5.41) is 20.6. The molecule has 0 amide bonds. The highest BCUT2D eigenvalue weighted by Gasteiger charge is 2.17. The van der Waals surface area contributed by atoms with Gasteiger partial charge in [-0.05, 0) is 12.5 Å². The van der Waals surface area contributed by atoms with Crippen molar-refractivity contribution < 1.29 is 18.3 Å². The van der Waals surface area contributed by atoms with Crippen LogP contribution in [0.1, 0.15) is 6.92 Å². The van der Waals surface area contributed by atoms with Crippen molar-refractivity contribution >= 4 is 22.9 Å². The molecule has 1 rings (SSSR count). The lowest BCUT2D eigenvalue weighted by Gasteiger charge is -2.10. The summed E-state index contributed by atoms with van der Waals surface area (Å²) in [4.78, 5) is -0.405. The van der Waals surface area contributed by atoms with Crippen molar-refractivity contribution in [3.63, 3.8) is 0 Å². The van der Waals surface area contributed by atoms with Crippen LogP contribution >= 0.6 is 12.2 Å². The van der Waals surface area contributed by atoms with Gasteiger partial charge in [0.2, 0.25) is 0 Å². The summed E-state index contributed by atoms with van der Waals surface area (Å²) in [6, 6.07) is 2.52. The Morgan fingerprint density at radius 3 is 2.25 bits per heavy atom. The zero-order valence-corrected chi connectivity index (χ0v) is 11.1. The standard InChI is InChI=1S/C13H9F3N2OS/c1-6(2)12(19)8(5-17)13(20)18-11-9(15)3-7(14)4-10(11)16/h3-4,19H,1H2,2H3,(H,18,20)/b12-8-. The molecule has 0 saturated heterocycles. The molecule has 0 aliphatic carbocycles. The SMILES string of the molecule is C=C(C)/C(O)=C(\C#N)C(=S)Nc1c(F)cc(F)cc1F. The normalized spacial score (nSPS) is 11.3. The average molecular weight is 298 g/mol. The number of rotatable bonds is 3. The molecule has 1 aromatic carbocycles. The average Bonchev–Trinajstić information content (AvgIpc) is 2.34. The Kier molecular flexibility index (Phi) is 4.88. The van der Waals surface area contributed by atoms with Crippen molar-refractivity contribution in [3.8, 4) is 6.07 Å². The zero-order chi connectivity index (χ0) is 15.4. The van der Waals surface area contributed by atoms with Gasteiger partial charge in [0.25, 0.3) is 0 Å².